The van der Waals surface area contributed by atoms with Crippen LogP contribution in [0.3, 0.4) is 0 Å². The molecule has 1 unspecified atom stereocenters. The summed E-state index contributed by atoms with van der Waals surface area (Å²) in [6.07, 6.45) is 2.30. The van der Waals surface area contributed by atoms with E-state index in [9.17, 15) is 4.79 Å². The van der Waals surface area contributed by atoms with Crippen molar-refractivity contribution in [2.75, 3.05) is 26.2 Å². The first-order chi connectivity index (χ1) is 6.28. The SMILES string of the molecule is CCN1C(=O)NCC12CCCNC2. The third kappa shape index (κ3) is 1.29. The van der Waals surface area contributed by atoms with Crippen molar-refractivity contribution in [3.8, 4) is 0 Å². The number of piperidine rings is 1. The Bertz CT molecular complexity index is 211. The minimum atomic E-state index is 0.0735. The molecule has 4 heteroatoms. The molecule has 0 radical (unpaired) electrons. The molecule has 2 aliphatic rings. The van der Waals surface area contributed by atoms with Crippen LogP contribution < -0.4 is 10.6 Å². The van der Waals surface area contributed by atoms with E-state index in [0.29, 0.717) is 0 Å². The third-order valence-corrected chi connectivity index (χ3v) is 3.15. The van der Waals surface area contributed by atoms with Crippen LogP contribution in [0.4, 0.5) is 4.79 Å². The molecule has 0 aromatic rings. The molecule has 2 rings (SSSR count). The van der Waals surface area contributed by atoms with Gasteiger partial charge in [0.2, 0.25) is 0 Å². The zero-order valence-corrected chi connectivity index (χ0v) is 8.10. The molecule has 2 N–H and O–H groups in total. The fourth-order valence-corrected chi connectivity index (χ4v) is 2.46. The molecule has 2 aliphatic heterocycles. The summed E-state index contributed by atoms with van der Waals surface area (Å²) < 4.78 is 0. The lowest BCUT2D eigenvalue weighted by atomic mass is 9.89. The second-order valence-electron chi connectivity index (χ2n) is 3.91. The van der Waals surface area contributed by atoms with E-state index in [1.807, 2.05) is 11.8 Å². The predicted molar refractivity (Wildman–Crippen MR) is 50.6 cm³/mol. The maximum absolute atomic E-state index is 11.5. The molecule has 1 atom stereocenters. The first kappa shape index (κ1) is 8.81. The van der Waals surface area contributed by atoms with Gasteiger partial charge in [-0.1, -0.05) is 0 Å². The molecule has 4 nitrogen and oxygen atoms in total. The van der Waals surface area contributed by atoms with Gasteiger partial charge in [0.1, 0.15) is 0 Å². The molecule has 1 spiro atoms. The van der Waals surface area contributed by atoms with E-state index < -0.39 is 0 Å². The molecule has 0 aliphatic carbocycles. The van der Waals surface area contributed by atoms with Gasteiger partial charge in [-0.2, -0.15) is 0 Å². The number of amides is 2. The van der Waals surface area contributed by atoms with Crippen LogP contribution in [0, 0.1) is 0 Å². The smallest absolute Gasteiger partial charge is 0.318 e. The van der Waals surface area contributed by atoms with Crippen LogP contribution >= 0.6 is 0 Å². The Labute approximate surface area is 78.7 Å². The lowest BCUT2D eigenvalue weighted by Gasteiger charge is -2.39. The lowest BCUT2D eigenvalue weighted by molar-refractivity contribution is 0.134. The number of hydrogen-bond acceptors (Lipinski definition) is 2. The molecule has 0 saturated carbocycles. The van der Waals surface area contributed by atoms with Crippen LogP contribution in [-0.4, -0.2) is 42.6 Å². The van der Waals surface area contributed by atoms with Crippen molar-refractivity contribution in [1.29, 1.82) is 0 Å². The summed E-state index contributed by atoms with van der Waals surface area (Å²) >= 11 is 0. The first-order valence-corrected chi connectivity index (χ1v) is 5.05. The Balaban J connectivity index is 2.15. The maximum atomic E-state index is 11.5. The minimum absolute atomic E-state index is 0.0735. The average Bonchev–Trinajstić information content (AvgIpc) is 2.45. The minimum Gasteiger partial charge on any atom is -0.336 e. The molecule has 0 bridgehead atoms. The lowest BCUT2D eigenvalue weighted by Crippen LogP contribution is -2.56. The van der Waals surface area contributed by atoms with Gasteiger partial charge in [-0.25, -0.2) is 4.79 Å². The van der Waals surface area contributed by atoms with Gasteiger partial charge in [-0.15, -0.1) is 0 Å². The zero-order chi connectivity index (χ0) is 9.31. The zero-order valence-electron chi connectivity index (χ0n) is 8.10. The highest BCUT2D eigenvalue weighted by Gasteiger charge is 2.44. The van der Waals surface area contributed by atoms with Crippen LogP contribution in [0.5, 0.6) is 0 Å². The van der Waals surface area contributed by atoms with Crippen molar-refractivity contribution >= 4 is 6.03 Å². The molecule has 2 heterocycles. The van der Waals surface area contributed by atoms with Gasteiger partial charge in [-0.05, 0) is 26.3 Å². The molecule has 13 heavy (non-hydrogen) atoms. The number of nitrogens with one attached hydrogen (secondary N) is 2. The highest BCUT2D eigenvalue weighted by atomic mass is 16.2. The fraction of sp³-hybridized carbons (Fsp3) is 0.889. The Morgan fingerprint density at radius 3 is 3.00 bits per heavy atom. The predicted octanol–water partition coefficient (Wildman–Crippen LogP) is 0.154. The number of rotatable bonds is 1. The normalized spacial score (nSPS) is 33.9. The van der Waals surface area contributed by atoms with Gasteiger partial charge in [0.25, 0.3) is 0 Å². The topological polar surface area (TPSA) is 44.4 Å². The van der Waals surface area contributed by atoms with Crippen LogP contribution in [-0.2, 0) is 0 Å². The van der Waals surface area contributed by atoms with Crippen LogP contribution in [0.2, 0.25) is 0 Å². The largest absolute Gasteiger partial charge is 0.336 e. The summed E-state index contributed by atoms with van der Waals surface area (Å²) in [5.74, 6) is 0. The van der Waals surface area contributed by atoms with Gasteiger partial charge < -0.3 is 15.5 Å². The second kappa shape index (κ2) is 3.18. The van der Waals surface area contributed by atoms with Gasteiger partial charge in [0.05, 0.1) is 5.54 Å². The summed E-state index contributed by atoms with van der Waals surface area (Å²) in [6.45, 7) is 5.70. The maximum Gasteiger partial charge on any atom is 0.318 e. The summed E-state index contributed by atoms with van der Waals surface area (Å²) in [4.78, 5) is 13.4. The van der Waals surface area contributed by atoms with E-state index in [0.717, 1.165) is 32.6 Å². The van der Waals surface area contributed by atoms with Crippen molar-refractivity contribution in [3.05, 3.63) is 0 Å². The third-order valence-electron chi connectivity index (χ3n) is 3.15. The van der Waals surface area contributed by atoms with Crippen molar-refractivity contribution in [3.63, 3.8) is 0 Å². The van der Waals surface area contributed by atoms with Gasteiger partial charge in [0.15, 0.2) is 0 Å². The van der Waals surface area contributed by atoms with Gasteiger partial charge >= 0.3 is 6.03 Å². The molecule has 0 aromatic heterocycles. The van der Waals surface area contributed by atoms with E-state index >= 15 is 0 Å². The van der Waals surface area contributed by atoms with Gasteiger partial charge in [0, 0.05) is 19.6 Å². The second-order valence-corrected chi connectivity index (χ2v) is 3.91. The first-order valence-electron chi connectivity index (χ1n) is 5.05. The van der Waals surface area contributed by atoms with Gasteiger partial charge in [-0.3, -0.25) is 0 Å². The molecule has 0 aromatic carbocycles. The van der Waals surface area contributed by atoms with E-state index in [1.165, 1.54) is 6.42 Å². The van der Waals surface area contributed by atoms with Crippen molar-refractivity contribution in [2.24, 2.45) is 0 Å². The monoisotopic (exact) mass is 183 g/mol. The number of carbonyl (C=O) groups is 1. The molecular weight excluding hydrogens is 166 g/mol. The van der Waals surface area contributed by atoms with E-state index in [1.54, 1.807) is 0 Å². The average molecular weight is 183 g/mol. The van der Waals surface area contributed by atoms with Crippen LogP contribution in [0.1, 0.15) is 19.8 Å². The molecule has 2 amide bonds. The summed E-state index contributed by atoms with van der Waals surface area (Å²) in [6, 6.07) is 0.103. The Kier molecular flexibility index (Phi) is 2.15. The van der Waals surface area contributed by atoms with E-state index in [4.69, 9.17) is 0 Å². The molecule has 74 valence electrons. The molecule has 2 fully saturated rings. The van der Waals surface area contributed by atoms with Crippen molar-refractivity contribution < 1.29 is 4.79 Å². The van der Waals surface area contributed by atoms with Crippen LogP contribution in [0.25, 0.3) is 0 Å². The Morgan fingerprint density at radius 1 is 1.54 bits per heavy atom. The van der Waals surface area contributed by atoms with Crippen molar-refractivity contribution in [1.82, 2.24) is 15.5 Å². The summed E-state index contributed by atoms with van der Waals surface area (Å²) in [5, 5.41) is 6.30. The Hall–Kier alpha value is -0.770. The number of hydrogen-bond donors (Lipinski definition) is 2. The Morgan fingerprint density at radius 2 is 2.38 bits per heavy atom. The highest BCUT2D eigenvalue weighted by molar-refractivity contribution is 5.78. The fourth-order valence-electron chi connectivity index (χ4n) is 2.46. The molecule has 2 saturated heterocycles. The number of nitrogens with zero attached hydrogens (tertiary/aromatic N) is 1. The summed E-state index contributed by atoms with van der Waals surface area (Å²) in [5.41, 5.74) is 0.0735. The number of urea groups is 1. The quantitative estimate of drug-likeness (QED) is 0.608. The number of likely N-dealkylation sites (N-methyl/N-ethyl adjacent to an activating group) is 1. The standard InChI is InChI=1S/C9H17N3O/c1-2-12-8(13)11-7-9(12)4-3-5-10-6-9/h10H,2-7H2,1H3,(H,11,13). The molecular formula is C9H17N3O. The van der Waals surface area contributed by atoms with Crippen LogP contribution in [0.15, 0.2) is 0 Å². The number of carbonyl (C=O) groups excluding carboxylic acids is 1. The van der Waals surface area contributed by atoms with E-state index in [2.05, 4.69) is 10.6 Å². The summed E-state index contributed by atoms with van der Waals surface area (Å²) in [7, 11) is 0. The highest BCUT2D eigenvalue weighted by Crippen LogP contribution is 2.27. The van der Waals surface area contributed by atoms with Crippen molar-refractivity contribution in [2.45, 2.75) is 25.3 Å². The van der Waals surface area contributed by atoms with E-state index in [-0.39, 0.29) is 11.6 Å².